The summed E-state index contributed by atoms with van der Waals surface area (Å²) in [4.78, 5) is 23.2. The zero-order valence-electron chi connectivity index (χ0n) is 11.3. The standard InChI is InChI=1S/C14H12Cl2N2O3/c1-7(2)9-6-18(17-12(13(9)19)14(20)21)8-3-4-10(15)11(16)5-8/h3-7H,1-2H3,(H,20,21). The number of nitrogens with zero attached hydrogens (tertiary/aromatic N) is 2. The van der Waals surface area contributed by atoms with Crippen molar-refractivity contribution in [2.75, 3.05) is 0 Å². The highest BCUT2D eigenvalue weighted by Crippen LogP contribution is 2.24. The summed E-state index contributed by atoms with van der Waals surface area (Å²) in [5, 5.41) is 13.7. The van der Waals surface area contributed by atoms with Crippen LogP contribution >= 0.6 is 23.2 Å². The van der Waals surface area contributed by atoms with Gasteiger partial charge in [0.25, 0.3) is 0 Å². The number of aromatic carboxylic acids is 1. The Morgan fingerprint density at radius 1 is 1.29 bits per heavy atom. The summed E-state index contributed by atoms with van der Waals surface area (Å²) in [6.07, 6.45) is 1.51. The van der Waals surface area contributed by atoms with E-state index in [1.165, 1.54) is 10.9 Å². The highest BCUT2D eigenvalue weighted by molar-refractivity contribution is 6.42. The van der Waals surface area contributed by atoms with Gasteiger partial charge in [-0.3, -0.25) is 4.79 Å². The van der Waals surface area contributed by atoms with E-state index in [-0.39, 0.29) is 5.92 Å². The molecule has 5 nitrogen and oxygen atoms in total. The largest absolute Gasteiger partial charge is 0.476 e. The maximum Gasteiger partial charge on any atom is 0.360 e. The van der Waals surface area contributed by atoms with Crippen LogP contribution in [0.3, 0.4) is 0 Å². The maximum absolute atomic E-state index is 12.1. The highest BCUT2D eigenvalue weighted by atomic mass is 35.5. The van der Waals surface area contributed by atoms with E-state index in [0.717, 1.165) is 0 Å². The Labute approximate surface area is 130 Å². The first kappa shape index (κ1) is 15.5. The van der Waals surface area contributed by atoms with E-state index < -0.39 is 17.1 Å². The molecule has 0 saturated carbocycles. The lowest BCUT2D eigenvalue weighted by molar-refractivity contribution is 0.0686. The Morgan fingerprint density at radius 3 is 2.48 bits per heavy atom. The average molecular weight is 327 g/mol. The van der Waals surface area contributed by atoms with E-state index in [9.17, 15) is 9.59 Å². The summed E-state index contributed by atoms with van der Waals surface area (Å²) in [5.41, 5.74) is -0.205. The Hall–Kier alpha value is -1.85. The van der Waals surface area contributed by atoms with E-state index in [4.69, 9.17) is 28.3 Å². The molecular weight excluding hydrogens is 315 g/mol. The van der Waals surface area contributed by atoms with Crippen LogP contribution in [0.25, 0.3) is 5.69 Å². The Kier molecular flexibility index (Phi) is 4.34. The number of carbonyl (C=O) groups is 1. The van der Waals surface area contributed by atoms with Gasteiger partial charge in [-0.2, -0.15) is 5.10 Å². The lowest BCUT2D eigenvalue weighted by Gasteiger charge is -2.12. The number of hydrogen-bond donors (Lipinski definition) is 1. The molecule has 0 unspecified atom stereocenters. The van der Waals surface area contributed by atoms with Gasteiger partial charge in [0.1, 0.15) is 0 Å². The first-order valence-electron chi connectivity index (χ1n) is 6.14. The minimum absolute atomic E-state index is 0.132. The number of hydrogen-bond acceptors (Lipinski definition) is 3. The molecule has 0 fully saturated rings. The molecule has 2 aromatic rings. The van der Waals surface area contributed by atoms with E-state index in [0.29, 0.717) is 21.3 Å². The number of carboxylic acids is 1. The minimum Gasteiger partial charge on any atom is -0.476 e. The zero-order valence-corrected chi connectivity index (χ0v) is 12.8. The van der Waals surface area contributed by atoms with Crippen molar-refractivity contribution < 1.29 is 9.90 Å². The minimum atomic E-state index is -1.36. The van der Waals surface area contributed by atoms with Crippen molar-refractivity contribution in [1.82, 2.24) is 9.78 Å². The third-order valence-corrected chi connectivity index (χ3v) is 3.68. The van der Waals surface area contributed by atoms with E-state index >= 15 is 0 Å². The molecule has 1 aromatic carbocycles. The molecular formula is C14H12Cl2N2O3. The normalized spacial score (nSPS) is 10.9. The summed E-state index contributed by atoms with van der Waals surface area (Å²) in [6.45, 7) is 3.61. The molecule has 0 amide bonds. The second-order valence-electron chi connectivity index (χ2n) is 4.77. The number of benzene rings is 1. The molecule has 0 saturated heterocycles. The summed E-state index contributed by atoms with van der Waals surface area (Å²) < 4.78 is 1.32. The fourth-order valence-corrected chi connectivity index (χ4v) is 2.11. The lowest BCUT2D eigenvalue weighted by Crippen LogP contribution is -2.25. The quantitative estimate of drug-likeness (QED) is 0.938. The van der Waals surface area contributed by atoms with Crippen molar-refractivity contribution in [3.63, 3.8) is 0 Å². The van der Waals surface area contributed by atoms with Gasteiger partial charge >= 0.3 is 5.97 Å². The third-order valence-electron chi connectivity index (χ3n) is 2.94. The molecule has 0 aliphatic carbocycles. The number of carboxylic acid groups (broad SMARTS) is 1. The fourth-order valence-electron chi connectivity index (χ4n) is 1.82. The molecule has 110 valence electrons. The van der Waals surface area contributed by atoms with Crippen LogP contribution in [-0.4, -0.2) is 20.9 Å². The number of rotatable bonds is 3. The fraction of sp³-hybridized carbons (Fsp3) is 0.214. The molecule has 21 heavy (non-hydrogen) atoms. The smallest absolute Gasteiger partial charge is 0.360 e. The van der Waals surface area contributed by atoms with Gasteiger partial charge in [0.15, 0.2) is 0 Å². The summed E-state index contributed by atoms with van der Waals surface area (Å²) in [7, 11) is 0. The van der Waals surface area contributed by atoms with Gasteiger partial charge in [-0.1, -0.05) is 37.0 Å². The van der Waals surface area contributed by atoms with E-state index in [1.54, 1.807) is 18.2 Å². The number of aromatic nitrogens is 2. The van der Waals surface area contributed by atoms with Crippen molar-refractivity contribution in [1.29, 1.82) is 0 Å². The Morgan fingerprint density at radius 2 is 1.95 bits per heavy atom. The molecule has 1 aromatic heterocycles. The molecule has 0 aliphatic heterocycles. The van der Waals surface area contributed by atoms with Crippen LogP contribution in [0.2, 0.25) is 10.0 Å². The van der Waals surface area contributed by atoms with Crippen LogP contribution in [0.5, 0.6) is 0 Å². The third kappa shape index (κ3) is 3.09. The Bertz CT molecular complexity index is 769. The van der Waals surface area contributed by atoms with Crippen molar-refractivity contribution in [2.45, 2.75) is 19.8 Å². The van der Waals surface area contributed by atoms with Gasteiger partial charge in [0.2, 0.25) is 11.1 Å². The maximum atomic E-state index is 12.1. The monoisotopic (exact) mass is 326 g/mol. The van der Waals surface area contributed by atoms with Crippen molar-refractivity contribution in [2.24, 2.45) is 0 Å². The van der Waals surface area contributed by atoms with Crippen LogP contribution in [0.15, 0.2) is 29.2 Å². The lowest BCUT2D eigenvalue weighted by atomic mass is 10.0. The molecule has 0 aliphatic rings. The van der Waals surface area contributed by atoms with Crippen LogP contribution < -0.4 is 5.43 Å². The van der Waals surface area contributed by atoms with E-state index in [2.05, 4.69) is 5.10 Å². The molecule has 1 heterocycles. The predicted molar refractivity (Wildman–Crippen MR) is 80.9 cm³/mol. The molecule has 0 bridgehead atoms. The topological polar surface area (TPSA) is 72.2 Å². The first-order chi connectivity index (χ1) is 9.81. The summed E-state index contributed by atoms with van der Waals surface area (Å²) >= 11 is 11.8. The van der Waals surface area contributed by atoms with Crippen LogP contribution in [0.4, 0.5) is 0 Å². The molecule has 0 atom stereocenters. The van der Waals surface area contributed by atoms with Crippen LogP contribution in [0, 0.1) is 0 Å². The number of halogens is 2. The molecule has 0 radical (unpaired) electrons. The average Bonchev–Trinajstić information content (AvgIpc) is 2.41. The zero-order chi connectivity index (χ0) is 15.7. The summed E-state index contributed by atoms with van der Waals surface area (Å²) in [5.74, 6) is -1.50. The summed E-state index contributed by atoms with van der Waals surface area (Å²) in [6, 6.07) is 4.77. The van der Waals surface area contributed by atoms with Gasteiger partial charge < -0.3 is 5.11 Å². The van der Waals surface area contributed by atoms with Gasteiger partial charge in [-0.15, -0.1) is 0 Å². The Balaban J connectivity index is 2.71. The highest BCUT2D eigenvalue weighted by Gasteiger charge is 2.18. The van der Waals surface area contributed by atoms with Crippen molar-refractivity contribution >= 4 is 29.2 Å². The van der Waals surface area contributed by atoms with Gasteiger partial charge in [0, 0.05) is 11.8 Å². The molecule has 1 N–H and O–H groups in total. The first-order valence-corrected chi connectivity index (χ1v) is 6.89. The van der Waals surface area contributed by atoms with Gasteiger partial charge in [0.05, 0.1) is 15.7 Å². The predicted octanol–water partition coefficient (Wildman–Crippen LogP) is 3.36. The molecule has 2 rings (SSSR count). The van der Waals surface area contributed by atoms with Crippen LogP contribution in [-0.2, 0) is 0 Å². The van der Waals surface area contributed by atoms with Crippen LogP contribution in [0.1, 0.15) is 35.8 Å². The van der Waals surface area contributed by atoms with Crippen molar-refractivity contribution in [3.05, 3.63) is 55.9 Å². The second-order valence-corrected chi connectivity index (χ2v) is 5.58. The second kappa shape index (κ2) is 5.87. The van der Waals surface area contributed by atoms with Gasteiger partial charge in [-0.05, 0) is 24.1 Å². The van der Waals surface area contributed by atoms with E-state index in [1.807, 2.05) is 13.8 Å². The SMILES string of the molecule is CC(C)c1cn(-c2ccc(Cl)c(Cl)c2)nc(C(=O)O)c1=O. The van der Waals surface area contributed by atoms with Gasteiger partial charge in [-0.25, -0.2) is 9.48 Å². The van der Waals surface area contributed by atoms with Crippen molar-refractivity contribution in [3.8, 4) is 5.69 Å². The molecule has 0 spiro atoms. The molecule has 7 heteroatoms.